The molecule has 0 N–H and O–H groups in total. The molecule has 0 atom stereocenters. The minimum Gasteiger partial charge on any atom is -0.464 e. The Kier molecular flexibility index (Phi) is 2.49. The fraction of sp³-hybridized carbons (Fsp3) is 0.0909. The van der Waals surface area contributed by atoms with Gasteiger partial charge in [0.25, 0.3) is 0 Å². The first-order valence-corrected chi connectivity index (χ1v) is 4.49. The molecule has 2 rings (SSSR count). The van der Waals surface area contributed by atoms with E-state index in [1.807, 2.05) is 30.3 Å². The first kappa shape index (κ1) is 9.45. The summed E-state index contributed by atoms with van der Waals surface area (Å²) in [7, 11) is 1.35. The molecule has 76 valence electrons. The van der Waals surface area contributed by atoms with Crippen molar-refractivity contribution in [3.05, 3.63) is 48.5 Å². The molecule has 4 heteroatoms. The smallest absolute Gasteiger partial charge is 0.356 e. The molecule has 0 saturated heterocycles. The quantitative estimate of drug-likeness (QED) is 0.695. The van der Waals surface area contributed by atoms with Crippen LogP contribution in [0, 0.1) is 0 Å². The van der Waals surface area contributed by atoms with E-state index in [2.05, 4.69) is 9.72 Å². The second kappa shape index (κ2) is 3.96. The Morgan fingerprint density at radius 3 is 2.73 bits per heavy atom. The van der Waals surface area contributed by atoms with E-state index in [-0.39, 0.29) is 0 Å². The predicted molar refractivity (Wildman–Crippen MR) is 54.9 cm³/mol. The van der Waals surface area contributed by atoms with Crippen LogP contribution in [-0.2, 0) is 4.74 Å². The van der Waals surface area contributed by atoms with Crippen LogP contribution in [0.4, 0.5) is 0 Å². The molecule has 0 saturated carbocycles. The average molecular weight is 202 g/mol. The number of carbonyl (C=O) groups excluding carboxylic acids is 1. The van der Waals surface area contributed by atoms with Crippen molar-refractivity contribution in [2.24, 2.45) is 0 Å². The molecule has 0 bridgehead atoms. The van der Waals surface area contributed by atoms with Gasteiger partial charge in [-0.3, -0.25) is 4.57 Å². The van der Waals surface area contributed by atoms with Crippen molar-refractivity contribution in [2.75, 3.05) is 7.11 Å². The van der Waals surface area contributed by atoms with Gasteiger partial charge in [0.2, 0.25) is 0 Å². The Balaban J connectivity index is 2.46. The minimum absolute atomic E-state index is 0.392. The van der Waals surface area contributed by atoms with Gasteiger partial charge in [-0.15, -0.1) is 0 Å². The summed E-state index contributed by atoms with van der Waals surface area (Å²) in [4.78, 5) is 15.3. The number of carbonyl (C=O) groups is 1. The molecule has 0 amide bonds. The predicted octanol–water partition coefficient (Wildman–Crippen LogP) is 1.66. The molecule has 15 heavy (non-hydrogen) atoms. The van der Waals surface area contributed by atoms with Gasteiger partial charge in [0.15, 0.2) is 5.69 Å². The zero-order valence-corrected chi connectivity index (χ0v) is 8.25. The Labute approximate surface area is 87.1 Å². The SMILES string of the molecule is COC(=O)c1cncn1-c1ccccc1. The summed E-state index contributed by atoms with van der Waals surface area (Å²) in [5.74, 6) is -0.392. The van der Waals surface area contributed by atoms with Crippen molar-refractivity contribution in [3.8, 4) is 5.69 Å². The van der Waals surface area contributed by atoms with Gasteiger partial charge in [0.05, 0.1) is 19.6 Å². The molecule has 0 unspecified atom stereocenters. The number of imidazole rings is 1. The molecule has 0 aliphatic heterocycles. The van der Waals surface area contributed by atoms with Gasteiger partial charge in [0.1, 0.15) is 0 Å². The maximum Gasteiger partial charge on any atom is 0.356 e. The van der Waals surface area contributed by atoms with Crippen molar-refractivity contribution in [3.63, 3.8) is 0 Å². The number of esters is 1. The van der Waals surface area contributed by atoms with Gasteiger partial charge in [-0.2, -0.15) is 0 Å². The van der Waals surface area contributed by atoms with Crippen molar-refractivity contribution >= 4 is 5.97 Å². The molecule has 1 aromatic heterocycles. The molecule has 0 radical (unpaired) electrons. The Morgan fingerprint density at radius 2 is 2.07 bits per heavy atom. The maximum atomic E-state index is 11.4. The lowest BCUT2D eigenvalue weighted by molar-refractivity contribution is 0.0591. The summed E-state index contributed by atoms with van der Waals surface area (Å²) >= 11 is 0. The third kappa shape index (κ3) is 1.74. The minimum atomic E-state index is -0.392. The number of hydrogen-bond acceptors (Lipinski definition) is 3. The number of rotatable bonds is 2. The van der Waals surface area contributed by atoms with Crippen LogP contribution < -0.4 is 0 Å². The van der Waals surface area contributed by atoms with Crippen LogP contribution in [-0.4, -0.2) is 22.6 Å². The zero-order chi connectivity index (χ0) is 10.7. The van der Waals surface area contributed by atoms with Crippen LogP contribution in [0.5, 0.6) is 0 Å². The van der Waals surface area contributed by atoms with E-state index in [1.165, 1.54) is 13.3 Å². The van der Waals surface area contributed by atoms with E-state index in [1.54, 1.807) is 10.9 Å². The van der Waals surface area contributed by atoms with Gasteiger partial charge in [-0.05, 0) is 12.1 Å². The highest BCUT2D eigenvalue weighted by atomic mass is 16.5. The van der Waals surface area contributed by atoms with Gasteiger partial charge >= 0.3 is 5.97 Å². The summed E-state index contributed by atoms with van der Waals surface area (Å²) in [6.07, 6.45) is 3.07. The summed E-state index contributed by atoms with van der Waals surface area (Å²) in [6, 6.07) is 9.51. The Bertz CT molecular complexity index is 462. The highest BCUT2D eigenvalue weighted by Crippen LogP contribution is 2.11. The van der Waals surface area contributed by atoms with Crippen LogP contribution in [0.3, 0.4) is 0 Å². The standard InChI is InChI=1S/C11H10N2O2/c1-15-11(14)10-7-12-8-13(10)9-5-3-2-4-6-9/h2-8H,1H3. The third-order valence-electron chi connectivity index (χ3n) is 2.07. The first-order valence-electron chi connectivity index (χ1n) is 4.49. The molecule has 0 fully saturated rings. The van der Waals surface area contributed by atoms with Crippen LogP contribution in [0.25, 0.3) is 5.69 Å². The first-order chi connectivity index (χ1) is 7.33. The van der Waals surface area contributed by atoms with E-state index in [4.69, 9.17) is 0 Å². The lowest BCUT2D eigenvalue weighted by Gasteiger charge is -2.05. The van der Waals surface area contributed by atoms with Gasteiger partial charge in [-0.1, -0.05) is 18.2 Å². The van der Waals surface area contributed by atoms with E-state index in [0.717, 1.165) is 5.69 Å². The number of nitrogens with zero attached hydrogens (tertiary/aromatic N) is 2. The molecule has 0 spiro atoms. The molecule has 4 nitrogen and oxygen atoms in total. The topological polar surface area (TPSA) is 44.1 Å². The molecule has 2 aromatic rings. The summed E-state index contributed by atoms with van der Waals surface area (Å²) in [6.45, 7) is 0. The fourth-order valence-corrected chi connectivity index (χ4v) is 1.34. The maximum absolute atomic E-state index is 11.4. The molecule has 0 aliphatic carbocycles. The summed E-state index contributed by atoms with van der Waals surface area (Å²) < 4.78 is 6.34. The van der Waals surface area contributed by atoms with Gasteiger partial charge < -0.3 is 4.74 Å². The van der Waals surface area contributed by atoms with Crippen LogP contribution in [0.15, 0.2) is 42.9 Å². The van der Waals surface area contributed by atoms with Crippen molar-refractivity contribution in [2.45, 2.75) is 0 Å². The van der Waals surface area contributed by atoms with E-state index in [0.29, 0.717) is 5.69 Å². The Morgan fingerprint density at radius 1 is 1.33 bits per heavy atom. The fourth-order valence-electron chi connectivity index (χ4n) is 1.34. The molecule has 1 aromatic carbocycles. The van der Waals surface area contributed by atoms with Crippen LogP contribution in [0.1, 0.15) is 10.5 Å². The third-order valence-corrected chi connectivity index (χ3v) is 2.07. The number of methoxy groups -OCH3 is 1. The van der Waals surface area contributed by atoms with Crippen molar-refractivity contribution < 1.29 is 9.53 Å². The molecule has 0 aliphatic rings. The number of para-hydroxylation sites is 1. The summed E-state index contributed by atoms with van der Waals surface area (Å²) in [5, 5.41) is 0. The van der Waals surface area contributed by atoms with Crippen LogP contribution >= 0.6 is 0 Å². The van der Waals surface area contributed by atoms with E-state index in [9.17, 15) is 4.79 Å². The number of ether oxygens (including phenoxy) is 1. The van der Waals surface area contributed by atoms with E-state index >= 15 is 0 Å². The summed E-state index contributed by atoms with van der Waals surface area (Å²) in [5.41, 5.74) is 1.30. The highest BCUT2D eigenvalue weighted by molar-refractivity contribution is 5.87. The Hall–Kier alpha value is -2.10. The van der Waals surface area contributed by atoms with E-state index < -0.39 is 5.97 Å². The zero-order valence-electron chi connectivity index (χ0n) is 8.25. The number of hydrogen-bond donors (Lipinski definition) is 0. The van der Waals surface area contributed by atoms with Gasteiger partial charge in [0, 0.05) is 5.69 Å². The van der Waals surface area contributed by atoms with Crippen molar-refractivity contribution in [1.29, 1.82) is 0 Å². The lowest BCUT2D eigenvalue weighted by atomic mass is 10.3. The average Bonchev–Trinajstić information content (AvgIpc) is 2.78. The molecular weight excluding hydrogens is 192 g/mol. The van der Waals surface area contributed by atoms with Crippen molar-refractivity contribution in [1.82, 2.24) is 9.55 Å². The normalized spacial score (nSPS) is 9.93. The van der Waals surface area contributed by atoms with Crippen LogP contribution in [0.2, 0.25) is 0 Å². The second-order valence-corrected chi connectivity index (χ2v) is 2.98. The largest absolute Gasteiger partial charge is 0.464 e. The molecular formula is C11H10N2O2. The lowest BCUT2D eigenvalue weighted by Crippen LogP contribution is -2.08. The number of aromatic nitrogens is 2. The second-order valence-electron chi connectivity index (χ2n) is 2.98. The van der Waals surface area contributed by atoms with Gasteiger partial charge in [-0.25, -0.2) is 9.78 Å². The monoisotopic (exact) mass is 202 g/mol. The molecule has 1 heterocycles. The highest BCUT2D eigenvalue weighted by Gasteiger charge is 2.12. The number of benzene rings is 1.